The van der Waals surface area contributed by atoms with Crippen molar-refractivity contribution < 1.29 is 9.53 Å². The molecule has 1 amide bonds. The molecule has 0 saturated carbocycles. The third-order valence-corrected chi connectivity index (χ3v) is 5.58. The molecule has 1 aromatic heterocycles. The van der Waals surface area contributed by atoms with Crippen molar-refractivity contribution in [1.29, 1.82) is 0 Å². The predicted molar refractivity (Wildman–Crippen MR) is 131 cm³/mol. The largest absolute Gasteiger partial charge is 0.483 e. The maximum Gasteiger partial charge on any atom is 0.282 e. The Hall–Kier alpha value is -3.20. The second-order valence-corrected chi connectivity index (χ2v) is 8.59. The maximum atomic E-state index is 13.3. The molecule has 0 saturated heterocycles. The van der Waals surface area contributed by atoms with Crippen LogP contribution in [0.2, 0.25) is 0 Å². The second-order valence-electron chi connectivity index (χ2n) is 7.67. The molecule has 3 rings (SSSR count). The molecule has 8 nitrogen and oxygen atoms in total. The zero-order chi connectivity index (χ0) is 23.4. The van der Waals surface area contributed by atoms with Gasteiger partial charge >= 0.3 is 0 Å². The van der Waals surface area contributed by atoms with Gasteiger partial charge in [-0.1, -0.05) is 29.8 Å². The number of fused-ring (bicyclic) bond motifs is 1. The molecule has 0 spiro atoms. The minimum Gasteiger partial charge on any atom is -0.483 e. The number of primary amides is 1. The molecule has 9 heteroatoms. The first-order valence-electron chi connectivity index (χ1n) is 10.2. The number of hydrogen-bond acceptors (Lipinski definition) is 6. The van der Waals surface area contributed by atoms with Crippen LogP contribution in [0.3, 0.4) is 0 Å². The summed E-state index contributed by atoms with van der Waals surface area (Å²) in [6.45, 7) is 3.78. The van der Waals surface area contributed by atoms with Crippen molar-refractivity contribution in [2.24, 2.45) is 10.8 Å². The predicted octanol–water partition coefficient (Wildman–Crippen LogP) is 3.48. The first-order valence-corrected chi connectivity index (χ1v) is 11.0. The Bertz CT molecular complexity index is 1240. The lowest BCUT2D eigenvalue weighted by Crippen LogP contribution is -2.24. The Morgan fingerprint density at radius 1 is 1.31 bits per heavy atom. The number of aromatic nitrogens is 2. The standard InChI is InChI=1S/C23H26BrN5O3/c1-5-14(2)22-27-19-9-7-16(24)10-18(19)23(31)29(22)26-12-15-6-8-17(28(3)4)11-20(15)32-13-21(25)30/h6-12,14H,5,13H2,1-4H3,(H2,25,30)/t14-/m0/s1. The highest BCUT2D eigenvalue weighted by Gasteiger charge is 2.16. The fourth-order valence-electron chi connectivity index (χ4n) is 3.08. The normalized spacial score (nSPS) is 12.3. The average molecular weight is 500 g/mol. The van der Waals surface area contributed by atoms with E-state index >= 15 is 0 Å². The van der Waals surface area contributed by atoms with Crippen LogP contribution in [-0.2, 0) is 4.79 Å². The molecule has 168 valence electrons. The lowest BCUT2D eigenvalue weighted by atomic mass is 10.1. The highest BCUT2D eigenvalue weighted by atomic mass is 79.9. The van der Waals surface area contributed by atoms with Crippen LogP contribution in [0.25, 0.3) is 10.9 Å². The molecule has 0 bridgehead atoms. The zero-order valence-electron chi connectivity index (χ0n) is 18.5. The summed E-state index contributed by atoms with van der Waals surface area (Å²) in [5.74, 6) is 0.457. The Morgan fingerprint density at radius 2 is 2.06 bits per heavy atom. The molecule has 0 aliphatic heterocycles. The van der Waals surface area contributed by atoms with Gasteiger partial charge in [0.1, 0.15) is 11.6 Å². The highest BCUT2D eigenvalue weighted by Crippen LogP contribution is 2.25. The Balaban J connectivity index is 2.14. The van der Waals surface area contributed by atoms with Crippen molar-refractivity contribution in [1.82, 2.24) is 9.66 Å². The molecule has 1 atom stereocenters. The molecule has 2 N–H and O–H groups in total. The van der Waals surface area contributed by atoms with E-state index in [9.17, 15) is 9.59 Å². The van der Waals surface area contributed by atoms with Gasteiger partial charge in [-0.25, -0.2) is 4.98 Å². The smallest absolute Gasteiger partial charge is 0.282 e. The summed E-state index contributed by atoms with van der Waals surface area (Å²) in [5.41, 5.74) is 7.10. The summed E-state index contributed by atoms with van der Waals surface area (Å²) in [6.07, 6.45) is 2.34. The van der Waals surface area contributed by atoms with E-state index in [2.05, 4.69) is 21.0 Å². The summed E-state index contributed by atoms with van der Waals surface area (Å²) in [7, 11) is 3.80. The van der Waals surface area contributed by atoms with Crippen molar-refractivity contribution in [3.8, 4) is 5.75 Å². The average Bonchev–Trinajstić information content (AvgIpc) is 2.76. The molecule has 3 aromatic rings. The van der Waals surface area contributed by atoms with Crippen molar-refractivity contribution >= 4 is 44.6 Å². The van der Waals surface area contributed by atoms with Gasteiger partial charge in [-0.05, 0) is 36.8 Å². The van der Waals surface area contributed by atoms with Crippen LogP contribution in [0, 0.1) is 0 Å². The van der Waals surface area contributed by atoms with Crippen LogP contribution in [0.5, 0.6) is 5.75 Å². The first-order chi connectivity index (χ1) is 15.2. The van der Waals surface area contributed by atoms with Gasteiger partial charge in [0.25, 0.3) is 11.5 Å². The van der Waals surface area contributed by atoms with Crippen LogP contribution < -0.4 is 20.9 Å². The molecule has 0 unspecified atom stereocenters. The zero-order valence-corrected chi connectivity index (χ0v) is 20.1. The molecule has 32 heavy (non-hydrogen) atoms. The minimum atomic E-state index is -0.581. The SMILES string of the molecule is CC[C@H](C)c1nc2ccc(Br)cc2c(=O)n1N=Cc1ccc(N(C)C)cc1OCC(N)=O. The van der Waals surface area contributed by atoms with Gasteiger partial charge in [0, 0.05) is 41.8 Å². The van der Waals surface area contributed by atoms with E-state index < -0.39 is 5.91 Å². The summed E-state index contributed by atoms with van der Waals surface area (Å²) >= 11 is 3.41. The molecule has 0 fully saturated rings. The number of anilines is 1. The van der Waals surface area contributed by atoms with E-state index in [4.69, 9.17) is 15.5 Å². The van der Waals surface area contributed by atoms with Crippen LogP contribution in [-0.4, -0.2) is 42.5 Å². The quantitative estimate of drug-likeness (QED) is 0.477. The van der Waals surface area contributed by atoms with Gasteiger partial charge in [-0.3, -0.25) is 9.59 Å². The topological polar surface area (TPSA) is 103 Å². The number of carbonyl (C=O) groups is 1. The summed E-state index contributed by atoms with van der Waals surface area (Å²) in [5, 5.41) is 4.95. The number of carbonyl (C=O) groups excluding carboxylic acids is 1. The van der Waals surface area contributed by atoms with Gasteiger partial charge in [-0.2, -0.15) is 9.78 Å². The number of amides is 1. The van der Waals surface area contributed by atoms with Gasteiger partial charge in [-0.15, -0.1) is 0 Å². The summed E-state index contributed by atoms with van der Waals surface area (Å²) < 4.78 is 7.71. The van der Waals surface area contributed by atoms with Crippen molar-refractivity contribution in [2.75, 3.05) is 25.6 Å². The molecule has 1 heterocycles. The maximum absolute atomic E-state index is 13.3. The van der Waals surface area contributed by atoms with Crippen molar-refractivity contribution in [3.05, 3.63) is 62.6 Å². The number of benzene rings is 2. The third kappa shape index (κ3) is 5.16. The Kier molecular flexibility index (Phi) is 7.29. The summed E-state index contributed by atoms with van der Waals surface area (Å²) in [4.78, 5) is 31.1. The van der Waals surface area contributed by atoms with E-state index in [1.807, 2.05) is 57.1 Å². The molecule has 0 radical (unpaired) electrons. The van der Waals surface area contributed by atoms with Crippen LogP contribution in [0.15, 0.2) is 50.8 Å². The molecular weight excluding hydrogens is 474 g/mol. The lowest BCUT2D eigenvalue weighted by Gasteiger charge is -2.16. The number of rotatable bonds is 8. The van der Waals surface area contributed by atoms with Gasteiger partial charge in [0.2, 0.25) is 0 Å². The van der Waals surface area contributed by atoms with E-state index in [0.717, 1.165) is 16.6 Å². The first kappa shape index (κ1) is 23.5. The van der Waals surface area contributed by atoms with Crippen LogP contribution in [0.1, 0.15) is 37.6 Å². The fraction of sp³-hybridized carbons (Fsp3) is 0.304. The van der Waals surface area contributed by atoms with Crippen molar-refractivity contribution in [3.63, 3.8) is 0 Å². The highest BCUT2D eigenvalue weighted by molar-refractivity contribution is 9.10. The van der Waals surface area contributed by atoms with E-state index in [1.165, 1.54) is 10.9 Å². The van der Waals surface area contributed by atoms with E-state index in [1.54, 1.807) is 12.1 Å². The van der Waals surface area contributed by atoms with Gasteiger partial charge < -0.3 is 15.4 Å². The van der Waals surface area contributed by atoms with Crippen LogP contribution in [0.4, 0.5) is 5.69 Å². The molecular formula is C23H26BrN5O3. The number of nitrogens with two attached hydrogens (primary N) is 1. The molecule has 0 aliphatic rings. The fourth-order valence-corrected chi connectivity index (χ4v) is 3.44. The molecule has 0 aliphatic carbocycles. The molecule has 2 aromatic carbocycles. The number of halogens is 1. The minimum absolute atomic E-state index is 0.0228. The Labute approximate surface area is 194 Å². The number of hydrogen-bond donors (Lipinski definition) is 1. The van der Waals surface area contributed by atoms with E-state index in [0.29, 0.717) is 28.0 Å². The summed E-state index contributed by atoms with van der Waals surface area (Å²) in [6, 6.07) is 10.9. The van der Waals surface area contributed by atoms with E-state index in [-0.39, 0.29) is 18.1 Å². The lowest BCUT2D eigenvalue weighted by molar-refractivity contribution is -0.119. The number of nitrogens with zero attached hydrogens (tertiary/aromatic N) is 4. The monoisotopic (exact) mass is 499 g/mol. The third-order valence-electron chi connectivity index (χ3n) is 5.08. The van der Waals surface area contributed by atoms with Gasteiger partial charge in [0.15, 0.2) is 6.61 Å². The van der Waals surface area contributed by atoms with Crippen molar-refractivity contribution in [2.45, 2.75) is 26.2 Å². The second kappa shape index (κ2) is 9.95. The van der Waals surface area contributed by atoms with Gasteiger partial charge in [0.05, 0.1) is 17.1 Å². The Morgan fingerprint density at radius 3 is 2.72 bits per heavy atom. The van der Waals surface area contributed by atoms with Crippen LogP contribution >= 0.6 is 15.9 Å². The number of ether oxygens (including phenoxy) is 1.